The number of carbonyl (C=O) groups is 2. The van der Waals surface area contributed by atoms with Crippen LogP contribution in [0.15, 0.2) is 77.7 Å². The van der Waals surface area contributed by atoms with Gasteiger partial charge in [-0.2, -0.15) is 5.10 Å². The van der Waals surface area contributed by atoms with Gasteiger partial charge in [-0.1, -0.05) is 35.9 Å². The van der Waals surface area contributed by atoms with E-state index < -0.39 is 5.92 Å². The summed E-state index contributed by atoms with van der Waals surface area (Å²) in [5.41, 5.74) is 1.77. The normalized spacial score (nSPS) is 15.5. The van der Waals surface area contributed by atoms with Crippen LogP contribution in [0.25, 0.3) is 10.8 Å². The first kappa shape index (κ1) is 22.7. The largest absolute Gasteiger partial charge is 0.350 e. The summed E-state index contributed by atoms with van der Waals surface area (Å²) in [5, 5.41) is 9.24. The monoisotopic (exact) mass is 487 g/mol. The van der Waals surface area contributed by atoms with E-state index in [1.807, 2.05) is 30.3 Å². The third-order valence-corrected chi connectivity index (χ3v) is 6.30. The third-order valence-electron chi connectivity index (χ3n) is 6.05. The molecule has 1 aliphatic heterocycles. The van der Waals surface area contributed by atoms with Gasteiger partial charge in [-0.25, -0.2) is 4.68 Å². The lowest BCUT2D eigenvalue weighted by atomic mass is 10.1. The minimum Gasteiger partial charge on any atom is -0.350 e. The fraction of sp³-hybridized carbons (Fsp3) is 0.192. The van der Waals surface area contributed by atoms with Crippen LogP contribution < -0.4 is 15.8 Å². The Hall–Kier alpha value is -4.04. The van der Waals surface area contributed by atoms with Gasteiger partial charge >= 0.3 is 0 Å². The molecule has 4 aromatic rings. The van der Waals surface area contributed by atoms with Gasteiger partial charge in [0.15, 0.2) is 0 Å². The van der Waals surface area contributed by atoms with E-state index in [1.165, 1.54) is 4.68 Å². The van der Waals surface area contributed by atoms with Gasteiger partial charge in [0.05, 0.1) is 35.8 Å². The predicted molar refractivity (Wildman–Crippen MR) is 133 cm³/mol. The van der Waals surface area contributed by atoms with Crippen molar-refractivity contribution in [3.63, 3.8) is 0 Å². The lowest BCUT2D eigenvalue weighted by Gasteiger charge is -2.17. The molecule has 2 amide bonds. The fourth-order valence-electron chi connectivity index (χ4n) is 4.26. The van der Waals surface area contributed by atoms with Gasteiger partial charge in [0.2, 0.25) is 11.8 Å². The molecule has 1 atom stereocenters. The summed E-state index contributed by atoms with van der Waals surface area (Å²) in [7, 11) is 0. The first-order chi connectivity index (χ1) is 17.0. The molecule has 0 radical (unpaired) electrons. The van der Waals surface area contributed by atoms with Gasteiger partial charge in [-0.15, -0.1) is 0 Å². The van der Waals surface area contributed by atoms with E-state index >= 15 is 0 Å². The van der Waals surface area contributed by atoms with Gasteiger partial charge in [0, 0.05) is 35.3 Å². The average Bonchev–Trinajstić information content (AvgIpc) is 3.27. The Morgan fingerprint density at radius 1 is 1.00 bits per heavy atom. The number of anilines is 1. The van der Waals surface area contributed by atoms with E-state index in [1.54, 1.807) is 47.5 Å². The van der Waals surface area contributed by atoms with Crippen LogP contribution in [0.5, 0.6) is 0 Å². The summed E-state index contributed by atoms with van der Waals surface area (Å²) < 4.78 is 1.37. The molecular formula is C26H22ClN5O3. The topological polar surface area (TPSA) is 97.2 Å². The smallest absolute Gasteiger partial charge is 0.275 e. The van der Waals surface area contributed by atoms with Crippen molar-refractivity contribution in [1.82, 2.24) is 20.1 Å². The standard InChI is InChI=1S/C26H22ClN5O3/c27-18-8-10-20(11-9-18)31-15-17(13-24(31)33)25(34)29-14-23-21-6-1-2-7-22(21)26(35)32(30-23)16-19-5-3-4-12-28-19/h1-12,17H,13-16H2,(H,29,34). The van der Waals surface area contributed by atoms with E-state index in [4.69, 9.17) is 11.6 Å². The molecule has 35 heavy (non-hydrogen) atoms. The number of pyridine rings is 1. The first-order valence-corrected chi connectivity index (χ1v) is 11.6. The summed E-state index contributed by atoms with van der Waals surface area (Å²) in [6.45, 7) is 0.645. The Bertz CT molecular complexity index is 1450. The molecule has 0 bridgehead atoms. The molecule has 1 aliphatic rings. The van der Waals surface area contributed by atoms with Crippen LogP contribution in [0, 0.1) is 5.92 Å². The van der Waals surface area contributed by atoms with Crippen LogP contribution >= 0.6 is 11.6 Å². The van der Waals surface area contributed by atoms with Crippen molar-refractivity contribution in [1.29, 1.82) is 0 Å². The number of fused-ring (bicyclic) bond motifs is 1. The van der Waals surface area contributed by atoms with Crippen LogP contribution in [0.2, 0.25) is 5.02 Å². The molecule has 2 aromatic heterocycles. The van der Waals surface area contributed by atoms with Crippen molar-refractivity contribution in [2.45, 2.75) is 19.5 Å². The molecule has 5 rings (SSSR count). The number of hydrogen-bond acceptors (Lipinski definition) is 5. The number of hydrogen-bond donors (Lipinski definition) is 1. The van der Waals surface area contributed by atoms with Crippen LogP contribution in [0.3, 0.4) is 0 Å². The van der Waals surface area contributed by atoms with E-state index in [0.29, 0.717) is 39.4 Å². The Balaban J connectivity index is 1.34. The molecule has 0 saturated carbocycles. The summed E-state index contributed by atoms with van der Waals surface area (Å²) in [6, 6.07) is 19.6. The highest BCUT2D eigenvalue weighted by atomic mass is 35.5. The zero-order valence-corrected chi connectivity index (χ0v) is 19.5. The number of halogens is 1. The number of amides is 2. The lowest BCUT2D eigenvalue weighted by Crippen LogP contribution is -2.34. The number of rotatable bonds is 6. The molecule has 176 valence electrons. The number of benzene rings is 2. The molecular weight excluding hydrogens is 466 g/mol. The van der Waals surface area contributed by atoms with Crippen molar-refractivity contribution in [3.8, 4) is 0 Å². The molecule has 1 N–H and O–H groups in total. The molecule has 3 heterocycles. The summed E-state index contributed by atoms with van der Waals surface area (Å²) in [5.74, 6) is -0.827. The van der Waals surface area contributed by atoms with E-state index in [2.05, 4.69) is 15.4 Å². The predicted octanol–water partition coefficient (Wildman–Crippen LogP) is 3.16. The van der Waals surface area contributed by atoms with Crippen molar-refractivity contribution in [3.05, 3.63) is 99.7 Å². The Morgan fingerprint density at radius 2 is 1.74 bits per heavy atom. The summed E-state index contributed by atoms with van der Waals surface area (Å²) >= 11 is 5.94. The zero-order chi connectivity index (χ0) is 24.4. The van der Waals surface area contributed by atoms with Gasteiger partial charge in [-0.05, 0) is 42.5 Å². The molecule has 1 saturated heterocycles. The van der Waals surface area contributed by atoms with Gasteiger partial charge in [0.25, 0.3) is 5.56 Å². The molecule has 0 aliphatic carbocycles. The molecule has 1 fully saturated rings. The Labute approximate surface area is 206 Å². The molecule has 2 aromatic carbocycles. The number of nitrogens with zero attached hydrogens (tertiary/aromatic N) is 4. The van der Waals surface area contributed by atoms with Gasteiger partial charge in [-0.3, -0.25) is 19.4 Å². The number of nitrogens with one attached hydrogen (secondary N) is 1. The minimum absolute atomic E-state index is 0.111. The van der Waals surface area contributed by atoms with Crippen LogP contribution in [-0.4, -0.2) is 33.1 Å². The van der Waals surface area contributed by atoms with E-state index in [0.717, 1.165) is 0 Å². The zero-order valence-electron chi connectivity index (χ0n) is 18.7. The summed E-state index contributed by atoms with van der Waals surface area (Å²) in [4.78, 5) is 44.4. The minimum atomic E-state index is -0.483. The highest BCUT2D eigenvalue weighted by Crippen LogP contribution is 2.26. The maximum Gasteiger partial charge on any atom is 0.275 e. The lowest BCUT2D eigenvalue weighted by molar-refractivity contribution is -0.126. The highest BCUT2D eigenvalue weighted by molar-refractivity contribution is 6.30. The van der Waals surface area contributed by atoms with Crippen molar-refractivity contribution in [2.24, 2.45) is 5.92 Å². The van der Waals surface area contributed by atoms with Gasteiger partial charge in [0.1, 0.15) is 0 Å². The molecule has 1 unspecified atom stereocenters. The molecule has 0 spiro atoms. The molecule has 8 nitrogen and oxygen atoms in total. The maximum absolute atomic E-state index is 13.0. The second-order valence-electron chi connectivity index (χ2n) is 8.38. The first-order valence-electron chi connectivity index (χ1n) is 11.2. The van der Waals surface area contributed by atoms with E-state index in [9.17, 15) is 14.4 Å². The Kier molecular flexibility index (Phi) is 6.29. The maximum atomic E-state index is 13.0. The Morgan fingerprint density at radius 3 is 2.49 bits per heavy atom. The van der Waals surface area contributed by atoms with Crippen LogP contribution in [0.1, 0.15) is 17.8 Å². The average molecular weight is 488 g/mol. The van der Waals surface area contributed by atoms with Gasteiger partial charge < -0.3 is 10.2 Å². The second-order valence-corrected chi connectivity index (χ2v) is 8.81. The highest BCUT2D eigenvalue weighted by Gasteiger charge is 2.35. The van der Waals surface area contributed by atoms with Crippen LogP contribution in [0.4, 0.5) is 5.69 Å². The number of carbonyl (C=O) groups excluding carboxylic acids is 2. The fourth-order valence-corrected chi connectivity index (χ4v) is 4.38. The van der Waals surface area contributed by atoms with Crippen molar-refractivity contribution >= 4 is 39.9 Å². The van der Waals surface area contributed by atoms with Crippen molar-refractivity contribution < 1.29 is 9.59 Å². The molecule has 9 heteroatoms. The number of aromatic nitrogens is 3. The third kappa shape index (κ3) is 4.79. The van der Waals surface area contributed by atoms with Crippen molar-refractivity contribution in [2.75, 3.05) is 11.4 Å². The summed E-state index contributed by atoms with van der Waals surface area (Å²) in [6.07, 6.45) is 1.79. The SMILES string of the molecule is O=C(NCc1nn(Cc2ccccn2)c(=O)c2ccccc12)C1CC(=O)N(c2ccc(Cl)cc2)C1. The second kappa shape index (κ2) is 9.68. The van der Waals surface area contributed by atoms with E-state index in [-0.39, 0.29) is 36.9 Å². The quantitative estimate of drug-likeness (QED) is 0.450. The van der Waals surface area contributed by atoms with Crippen LogP contribution in [-0.2, 0) is 22.7 Å².